The summed E-state index contributed by atoms with van der Waals surface area (Å²) in [4.78, 5) is 25.7. The molecule has 44 heavy (non-hydrogen) atoms. The van der Waals surface area contributed by atoms with Crippen LogP contribution >= 0.6 is 0 Å². The van der Waals surface area contributed by atoms with Crippen LogP contribution in [0.2, 0.25) is 0 Å². The Kier molecular flexibility index (Phi) is 9.53. The molecule has 5 aromatic rings. The Morgan fingerprint density at radius 3 is 2.45 bits per heavy atom. The first-order chi connectivity index (χ1) is 21.3. The molecule has 0 radical (unpaired) electrons. The molecule has 1 heterocycles. The monoisotopic (exact) mass is 597 g/mol. The lowest BCUT2D eigenvalue weighted by Gasteiger charge is -2.19. The third kappa shape index (κ3) is 7.60. The molecule has 0 saturated heterocycles. The molecule has 0 aliphatic rings. The fourth-order valence-electron chi connectivity index (χ4n) is 5.13. The maximum atomic E-state index is 13.8. The highest BCUT2D eigenvalue weighted by Crippen LogP contribution is 2.29. The van der Waals surface area contributed by atoms with Gasteiger partial charge in [0, 0.05) is 18.0 Å². The third-order valence-electron chi connectivity index (χ3n) is 7.23. The summed E-state index contributed by atoms with van der Waals surface area (Å²) < 4.78 is 19.9. The van der Waals surface area contributed by atoms with E-state index < -0.39 is 24.1 Å². The van der Waals surface area contributed by atoms with E-state index in [1.165, 1.54) is 30.3 Å². The number of hydrogen-bond donors (Lipinski definition) is 6. The molecule has 0 spiro atoms. The number of carbonyl (C=O) groups is 1. The van der Waals surface area contributed by atoms with Gasteiger partial charge in [0.2, 0.25) is 5.56 Å². The number of H-pyrrole nitrogens is 1. The predicted molar refractivity (Wildman–Crippen MR) is 164 cm³/mol. The Bertz CT molecular complexity index is 1830. The summed E-state index contributed by atoms with van der Waals surface area (Å²) in [6, 6.07) is 26.1. The van der Waals surface area contributed by atoms with E-state index in [4.69, 9.17) is 4.74 Å². The largest absolute Gasteiger partial charge is 0.506 e. The highest BCUT2D eigenvalue weighted by Gasteiger charge is 2.18. The first-order valence-corrected chi connectivity index (χ1v) is 14.1. The summed E-state index contributed by atoms with van der Waals surface area (Å²) in [6.07, 6.45) is -1.36. The number of benzene rings is 4. The van der Waals surface area contributed by atoms with Gasteiger partial charge in [0.25, 0.3) is 0 Å². The van der Waals surface area contributed by atoms with Gasteiger partial charge in [0.05, 0.1) is 17.7 Å². The van der Waals surface area contributed by atoms with Gasteiger partial charge in [0.1, 0.15) is 23.9 Å². The molecular weight excluding hydrogens is 565 g/mol. The van der Waals surface area contributed by atoms with E-state index in [9.17, 15) is 29.3 Å². The fourth-order valence-corrected chi connectivity index (χ4v) is 5.13. The van der Waals surface area contributed by atoms with E-state index in [1.54, 1.807) is 42.5 Å². The van der Waals surface area contributed by atoms with Gasteiger partial charge >= 0.3 is 6.09 Å². The molecule has 9 nitrogen and oxygen atoms in total. The number of aliphatic hydroxyl groups is 1. The number of aromatic hydroxyl groups is 1. The number of fused-ring (bicyclic) bond motifs is 1. The number of amides is 1. The number of halogens is 1. The average molecular weight is 598 g/mol. The van der Waals surface area contributed by atoms with Crippen LogP contribution in [0.15, 0.2) is 102 Å². The first kappa shape index (κ1) is 30.3. The molecule has 10 heteroatoms. The second-order valence-corrected chi connectivity index (χ2v) is 10.4. The maximum absolute atomic E-state index is 13.8. The Labute approximate surface area is 252 Å². The van der Waals surface area contributed by atoms with Crippen molar-refractivity contribution in [2.24, 2.45) is 0 Å². The van der Waals surface area contributed by atoms with Crippen LogP contribution in [0.5, 0.6) is 11.5 Å². The van der Waals surface area contributed by atoms with Crippen molar-refractivity contribution in [3.8, 4) is 11.5 Å². The smallest absolute Gasteiger partial charge is 0.405 e. The third-order valence-corrected chi connectivity index (χ3v) is 7.23. The summed E-state index contributed by atoms with van der Waals surface area (Å²) in [5.74, 6) is 0.0346. The van der Waals surface area contributed by atoms with Crippen LogP contribution in [-0.4, -0.2) is 39.5 Å². The highest BCUT2D eigenvalue weighted by molar-refractivity contribution is 5.87. The maximum Gasteiger partial charge on any atom is 0.405 e. The number of phenolic OH excluding ortho intramolecular Hbond substituents is 1. The van der Waals surface area contributed by atoms with Gasteiger partial charge in [-0.3, -0.25) is 4.79 Å². The van der Waals surface area contributed by atoms with Crippen molar-refractivity contribution in [1.29, 1.82) is 0 Å². The minimum atomic E-state index is -1.22. The van der Waals surface area contributed by atoms with Crippen LogP contribution in [0.25, 0.3) is 10.9 Å². The molecule has 1 amide bonds. The van der Waals surface area contributed by atoms with Crippen molar-refractivity contribution >= 4 is 17.0 Å². The van der Waals surface area contributed by atoms with Crippen LogP contribution in [0.4, 0.5) is 9.18 Å². The van der Waals surface area contributed by atoms with E-state index in [0.717, 1.165) is 11.1 Å². The number of ether oxygens (including phenoxy) is 1. The second-order valence-electron chi connectivity index (χ2n) is 10.4. The molecule has 6 N–H and O–H groups in total. The van der Waals surface area contributed by atoms with Crippen LogP contribution in [0.3, 0.4) is 0 Å². The molecule has 0 saturated carbocycles. The standard InChI is InChI=1S/C34H32FN3O6/c35-25-8-2-6-23(17-25)32(38-34(42)43)24-7-3-9-26(18-24)44-20-22-5-1-4-21(16-22)14-15-36-19-30(40)27-10-12-29(39)33-28(27)11-13-31(41)37-33/h1-13,16-18,30,32,36,38-40H,14-15,19-20H2,(H,37,41)(H,42,43). The molecule has 1 aromatic heterocycles. The molecule has 2 unspecified atom stereocenters. The summed E-state index contributed by atoms with van der Waals surface area (Å²) in [5.41, 5.74) is 3.68. The van der Waals surface area contributed by atoms with E-state index in [1.807, 2.05) is 24.3 Å². The summed E-state index contributed by atoms with van der Waals surface area (Å²) >= 11 is 0. The number of carboxylic acid groups (broad SMARTS) is 1. The van der Waals surface area contributed by atoms with Crippen LogP contribution in [-0.2, 0) is 13.0 Å². The van der Waals surface area contributed by atoms with Crippen molar-refractivity contribution in [3.63, 3.8) is 0 Å². The lowest BCUT2D eigenvalue weighted by Crippen LogP contribution is -2.27. The molecule has 4 aromatic carbocycles. The van der Waals surface area contributed by atoms with Crippen molar-refractivity contribution in [1.82, 2.24) is 15.6 Å². The Hall–Kier alpha value is -5.19. The van der Waals surface area contributed by atoms with Gasteiger partial charge in [0.15, 0.2) is 0 Å². The Morgan fingerprint density at radius 1 is 0.909 bits per heavy atom. The van der Waals surface area contributed by atoms with Crippen molar-refractivity contribution < 1.29 is 29.2 Å². The molecule has 0 bridgehead atoms. The van der Waals surface area contributed by atoms with Gasteiger partial charge in [-0.25, -0.2) is 9.18 Å². The number of rotatable bonds is 12. The van der Waals surface area contributed by atoms with Crippen LogP contribution in [0, 0.1) is 5.82 Å². The Balaban J connectivity index is 1.17. The van der Waals surface area contributed by atoms with E-state index >= 15 is 0 Å². The normalized spacial score (nSPS) is 12.5. The summed E-state index contributed by atoms with van der Waals surface area (Å²) in [7, 11) is 0. The average Bonchev–Trinajstić information content (AvgIpc) is 3.01. The zero-order chi connectivity index (χ0) is 31.1. The number of hydrogen-bond acceptors (Lipinski definition) is 6. The van der Waals surface area contributed by atoms with Crippen LogP contribution in [0.1, 0.15) is 40.0 Å². The number of aliphatic hydroxyl groups excluding tert-OH is 1. The van der Waals surface area contributed by atoms with Crippen molar-refractivity contribution in [2.75, 3.05) is 13.1 Å². The molecule has 0 aliphatic heterocycles. The molecule has 0 aliphatic carbocycles. The molecule has 2 atom stereocenters. The second kappa shape index (κ2) is 13.9. The zero-order valence-electron chi connectivity index (χ0n) is 23.7. The van der Waals surface area contributed by atoms with Crippen LogP contribution < -0.4 is 20.9 Å². The van der Waals surface area contributed by atoms with E-state index in [2.05, 4.69) is 15.6 Å². The molecule has 5 rings (SSSR count). The van der Waals surface area contributed by atoms with Gasteiger partial charge in [-0.1, -0.05) is 54.6 Å². The fraction of sp³-hybridized carbons (Fsp3) is 0.176. The summed E-state index contributed by atoms with van der Waals surface area (Å²) in [5, 5.41) is 36.5. The number of nitrogens with one attached hydrogen (secondary N) is 3. The number of pyridine rings is 1. The number of aromatic amines is 1. The number of aromatic nitrogens is 1. The van der Waals surface area contributed by atoms with Gasteiger partial charge in [-0.15, -0.1) is 0 Å². The molecule has 226 valence electrons. The van der Waals surface area contributed by atoms with E-state index in [-0.39, 0.29) is 24.5 Å². The molecule has 0 fully saturated rings. The Morgan fingerprint density at radius 2 is 1.66 bits per heavy atom. The predicted octanol–water partition coefficient (Wildman–Crippen LogP) is 5.17. The quantitative estimate of drug-likeness (QED) is 0.109. The van der Waals surface area contributed by atoms with Gasteiger partial charge in [-0.05, 0) is 77.2 Å². The topological polar surface area (TPSA) is 144 Å². The van der Waals surface area contributed by atoms with Gasteiger partial charge < -0.3 is 35.7 Å². The molecular formula is C34H32FN3O6. The summed E-state index contributed by atoms with van der Waals surface area (Å²) in [6.45, 7) is 1.18. The van der Waals surface area contributed by atoms with Crippen molar-refractivity contribution in [2.45, 2.75) is 25.2 Å². The first-order valence-electron chi connectivity index (χ1n) is 14.1. The minimum absolute atomic E-state index is 0.0542. The number of phenols is 1. The van der Waals surface area contributed by atoms with Gasteiger partial charge in [-0.2, -0.15) is 0 Å². The zero-order valence-corrected chi connectivity index (χ0v) is 23.7. The van der Waals surface area contributed by atoms with E-state index in [0.29, 0.717) is 46.3 Å². The minimum Gasteiger partial charge on any atom is -0.506 e. The lowest BCUT2D eigenvalue weighted by atomic mass is 9.98. The lowest BCUT2D eigenvalue weighted by molar-refractivity contribution is 0.176. The van der Waals surface area contributed by atoms with Crippen molar-refractivity contribution in [3.05, 3.63) is 141 Å². The SMILES string of the molecule is O=C(O)NC(c1cccc(F)c1)c1cccc(OCc2cccc(CCNCC(O)c3ccc(O)c4[nH]c(=O)ccc34)c2)c1. The highest BCUT2D eigenvalue weighted by atomic mass is 19.1.